The third-order valence-electron chi connectivity index (χ3n) is 4.89. The number of halogens is 4. The van der Waals surface area contributed by atoms with E-state index in [1.165, 1.54) is 12.1 Å². The topological polar surface area (TPSA) is 23.8 Å². The van der Waals surface area contributed by atoms with Gasteiger partial charge in [-0.2, -0.15) is 5.26 Å². The summed E-state index contributed by atoms with van der Waals surface area (Å²) in [5.74, 6) is 2.79. The van der Waals surface area contributed by atoms with Gasteiger partial charge in [-0.25, -0.2) is 17.6 Å². The lowest BCUT2D eigenvalue weighted by atomic mass is 10.0. The normalized spacial score (nSPS) is 10.4. The van der Waals surface area contributed by atoms with Crippen LogP contribution in [0.3, 0.4) is 0 Å². The average molecular weight is 454 g/mol. The first-order chi connectivity index (χ1) is 15.4. The van der Waals surface area contributed by atoms with Crippen molar-refractivity contribution >= 4 is 11.8 Å². The third kappa shape index (κ3) is 5.72. The number of thiocyanates is 1. The molecule has 0 aliphatic carbocycles. The van der Waals surface area contributed by atoms with E-state index in [1.54, 1.807) is 29.7 Å². The summed E-state index contributed by atoms with van der Waals surface area (Å²) in [7, 11) is 0. The molecule has 6 heteroatoms. The van der Waals surface area contributed by atoms with Gasteiger partial charge in [0.05, 0.1) is 4.90 Å². The highest BCUT2D eigenvalue weighted by Crippen LogP contribution is 2.30. The van der Waals surface area contributed by atoms with Crippen LogP contribution in [0.5, 0.6) is 0 Å². The number of hydrogen-bond acceptors (Lipinski definition) is 2. The molecule has 0 aliphatic rings. The van der Waals surface area contributed by atoms with Gasteiger partial charge in [-0.3, -0.25) is 0 Å². The fourth-order valence-corrected chi connectivity index (χ4v) is 3.63. The van der Waals surface area contributed by atoms with Gasteiger partial charge in [0, 0.05) is 16.7 Å². The maximum atomic E-state index is 14.3. The fourth-order valence-electron chi connectivity index (χ4n) is 3.23. The molecule has 0 bridgehead atoms. The van der Waals surface area contributed by atoms with Crippen LogP contribution >= 0.6 is 11.8 Å². The number of nitriles is 1. The van der Waals surface area contributed by atoms with E-state index in [2.05, 4.69) is 11.8 Å². The summed E-state index contributed by atoms with van der Waals surface area (Å²) < 4.78 is 56.6. The summed E-state index contributed by atoms with van der Waals surface area (Å²) in [6, 6.07) is 11.4. The standard InChI is InChI=1S/C26H19F4NS/c1-2-3-4-5-21-22(27)12-18(13-23(21)28)7-6-17-8-10-19(11-9-17)20-14-24(29)26(32-16-31)25(30)15-20/h8-15H,2-5H2,1H3. The number of rotatable bonds is 6. The largest absolute Gasteiger partial charge is 0.207 e. The Labute approximate surface area is 189 Å². The highest BCUT2D eigenvalue weighted by atomic mass is 32.2. The number of benzene rings is 3. The summed E-state index contributed by atoms with van der Waals surface area (Å²) in [6.45, 7) is 2.03. The molecule has 0 saturated carbocycles. The summed E-state index contributed by atoms with van der Waals surface area (Å²) in [5, 5.41) is 10.3. The van der Waals surface area contributed by atoms with Crippen molar-refractivity contribution in [3.05, 3.63) is 88.5 Å². The van der Waals surface area contributed by atoms with Crippen molar-refractivity contribution in [3.8, 4) is 28.4 Å². The first-order valence-electron chi connectivity index (χ1n) is 10.1. The van der Waals surface area contributed by atoms with E-state index in [-0.39, 0.29) is 16.0 Å². The van der Waals surface area contributed by atoms with Gasteiger partial charge in [-0.05, 0) is 72.1 Å². The van der Waals surface area contributed by atoms with Crippen molar-refractivity contribution in [1.82, 2.24) is 0 Å². The maximum absolute atomic E-state index is 14.3. The van der Waals surface area contributed by atoms with E-state index in [0.29, 0.717) is 34.9 Å². The molecule has 0 aliphatic heterocycles. The van der Waals surface area contributed by atoms with Crippen LogP contribution in [0.2, 0.25) is 0 Å². The van der Waals surface area contributed by atoms with Crippen molar-refractivity contribution in [1.29, 1.82) is 5.26 Å². The second kappa shape index (κ2) is 10.9. The smallest absolute Gasteiger partial charge is 0.141 e. The van der Waals surface area contributed by atoms with Crippen molar-refractivity contribution in [2.45, 2.75) is 37.5 Å². The molecule has 3 aromatic carbocycles. The van der Waals surface area contributed by atoms with E-state index in [1.807, 2.05) is 6.92 Å². The minimum Gasteiger partial charge on any atom is -0.207 e. The zero-order valence-electron chi connectivity index (χ0n) is 17.3. The lowest BCUT2D eigenvalue weighted by molar-refractivity contribution is 0.542. The molecule has 3 rings (SSSR count). The zero-order chi connectivity index (χ0) is 23.1. The Bertz CT molecular complexity index is 1170. The molecule has 32 heavy (non-hydrogen) atoms. The van der Waals surface area contributed by atoms with Gasteiger partial charge in [0.2, 0.25) is 0 Å². The van der Waals surface area contributed by atoms with Gasteiger partial charge in [0.15, 0.2) is 0 Å². The molecule has 0 atom stereocenters. The van der Waals surface area contributed by atoms with Crippen molar-refractivity contribution in [2.24, 2.45) is 0 Å². The summed E-state index contributed by atoms with van der Waals surface area (Å²) in [6.07, 6.45) is 2.98. The molecular formula is C26H19F4NS. The van der Waals surface area contributed by atoms with Crippen LogP contribution in [0.15, 0.2) is 53.4 Å². The van der Waals surface area contributed by atoms with Gasteiger partial charge in [0.25, 0.3) is 0 Å². The van der Waals surface area contributed by atoms with E-state index in [4.69, 9.17) is 5.26 Å². The quantitative estimate of drug-likeness (QED) is 0.126. The van der Waals surface area contributed by atoms with Crippen LogP contribution < -0.4 is 0 Å². The molecule has 1 nitrogen and oxygen atoms in total. The molecular weight excluding hydrogens is 434 g/mol. The molecule has 3 aromatic rings. The molecule has 0 unspecified atom stereocenters. The predicted octanol–water partition coefficient (Wildman–Crippen LogP) is 7.62. The van der Waals surface area contributed by atoms with Crippen LogP contribution in [0, 0.1) is 45.8 Å². The predicted molar refractivity (Wildman–Crippen MR) is 119 cm³/mol. The first-order valence-corrected chi connectivity index (χ1v) is 10.9. The highest BCUT2D eigenvalue weighted by Gasteiger charge is 2.13. The first kappa shape index (κ1) is 23.4. The Morgan fingerprint density at radius 2 is 1.34 bits per heavy atom. The van der Waals surface area contributed by atoms with E-state index < -0.39 is 23.3 Å². The minimum atomic E-state index is -0.808. The van der Waals surface area contributed by atoms with Gasteiger partial charge in [-0.1, -0.05) is 43.7 Å². The number of nitrogens with zero attached hydrogens (tertiary/aromatic N) is 1. The molecule has 0 fully saturated rings. The lowest BCUT2D eigenvalue weighted by Gasteiger charge is -2.06. The highest BCUT2D eigenvalue weighted by molar-refractivity contribution is 8.03. The van der Waals surface area contributed by atoms with Crippen molar-refractivity contribution < 1.29 is 17.6 Å². The van der Waals surface area contributed by atoms with Gasteiger partial charge >= 0.3 is 0 Å². The molecule has 0 saturated heterocycles. The molecule has 0 spiro atoms. The van der Waals surface area contributed by atoms with Crippen LogP contribution in [0.25, 0.3) is 11.1 Å². The second-order valence-electron chi connectivity index (χ2n) is 7.17. The van der Waals surface area contributed by atoms with Crippen LogP contribution in [0.4, 0.5) is 17.6 Å². The molecule has 0 N–H and O–H groups in total. The lowest BCUT2D eigenvalue weighted by Crippen LogP contribution is -1.97. The number of unbranched alkanes of at least 4 members (excludes halogenated alkanes) is 2. The number of thioether (sulfide) groups is 1. The maximum Gasteiger partial charge on any atom is 0.141 e. The average Bonchev–Trinajstić information content (AvgIpc) is 2.77. The SMILES string of the molecule is CCCCCc1c(F)cc(C#Cc2ccc(-c3cc(F)c(SC#N)c(F)c3)cc2)cc1F. The minimum absolute atomic E-state index is 0.0898. The second-order valence-corrected chi connectivity index (χ2v) is 7.96. The Morgan fingerprint density at radius 1 is 0.750 bits per heavy atom. The summed E-state index contributed by atoms with van der Waals surface area (Å²) in [5.41, 5.74) is 1.80. The molecule has 0 aromatic heterocycles. The summed E-state index contributed by atoms with van der Waals surface area (Å²) in [4.78, 5) is -0.338. The fraction of sp³-hybridized carbons (Fsp3) is 0.192. The molecule has 0 heterocycles. The Hall–Kier alpha value is -3.22. The van der Waals surface area contributed by atoms with Crippen LogP contribution in [-0.4, -0.2) is 0 Å². The molecule has 0 radical (unpaired) electrons. The molecule has 0 amide bonds. The van der Waals surface area contributed by atoms with Crippen LogP contribution in [-0.2, 0) is 6.42 Å². The van der Waals surface area contributed by atoms with E-state index in [9.17, 15) is 17.6 Å². The van der Waals surface area contributed by atoms with E-state index in [0.717, 1.165) is 31.4 Å². The van der Waals surface area contributed by atoms with E-state index >= 15 is 0 Å². The Morgan fingerprint density at radius 3 is 1.91 bits per heavy atom. The molecule has 162 valence electrons. The Balaban J connectivity index is 1.78. The van der Waals surface area contributed by atoms with Crippen LogP contribution in [0.1, 0.15) is 42.9 Å². The monoisotopic (exact) mass is 453 g/mol. The van der Waals surface area contributed by atoms with Crippen molar-refractivity contribution in [2.75, 3.05) is 0 Å². The van der Waals surface area contributed by atoms with Gasteiger partial charge in [-0.15, -0.1) is 0 Å². The number of hydrogen-bond donors (Lipinski definition) is 0. The van der Waals surface area contributed by atoms with Gasteiger partial charge < -0.3 is 0 Å². The summed E-state index contributed by atoms with van der Waals surface area (Å²) >= 11 is 0.431. The zero-order valence-corrected chi connectivity index (χ0v) is 18.1. The third-order valence-corrected chi connectivity index (χ3v) is 5.57. The van der Waals surface area contributed by atoms with Gasteiger partial charge in [0.1, 0.15) is 28.7 Å². The van der Waals surface area contributed by atoms with Crippen molar-refractivity contribution in [3.63, 3.8) is 0 Å². The Kier molecular flexibility index (Phi) is 7.98.